The number of anilines is 6. The van der Waals surface area contributed by atoms with Crippen LogP contribution in [0.4, 0.5) is 34.5 Å². The van der Waals surface area contributed by atoms with Crippen molar-refractivity contribution in [3.05, 3.63) is 47.3 Å². The van der Waals surface area contributed by atoms with Crippen molar-refractivity contribution in [2.45, 2.75) is 24.9 Å². The van der Waals surface area contributed by atoms with E-state index in [4.69, 9.17) is 9.47 Å². The van der Waals surface area contributed by atoms with Gasteiger partial charge in [0, 0.05) is 69.5 Å². The molecule has 0 saturated carbocycles. The van der Waals surface area contributed by atoms with Gasteiger partial charge in [0.1, 0.15) is 29.4 Å². The second-order valence-electron chi connectivity index (χ2n) is 12.1. The number of hydrogen-bond donors (Lipinski definition) is 3. The molecular weight excluding hydrogens is 688 g/mol. The van der Waals surface area contributed by atoms with Crippen LogP contribution in [-0.2, 0) is 10.0 Å². The van der Waals surface area contributed by atoms with Crippen LogP contribution in [0.3, 0.4) is 0 Å². The molecule has 16 heteroatoms. The number of hydrogen-bond acceptors (Lipinski definition) is 13. The molecule has 47 heavy (non-hydrogen) atoms. The van der Waals surface area contributed by atoms with Gasteiger partial charge in [0.25, 0.3) is 0 Å². The Morgan fingerprint density at radius 3 is 2.60 bits per heavy atom. The van der Waals surface area contributed by atoms with Gasteiger partial charge in [-0.1, -0.05) is 0 Å². The molecule has 2 saturated heterocycles. The number of nitrogens with zero attached hydrogens (tertiary/aromatic N) is 7. The maximum absolute atomic E-state index is 12.2. The number of sulfonamides is 1. The van der Waals surface area contributed by atoms with Crippen LogP contribution < -0.4 is 29.7 Å². The molecule has 7 rings (SSSR count). The fraction of sp³-hybridized carbons (Fsp3) is 0.419. The lowest BCUT2D eigenvalue weighted by atomic mass is 9.93. The molecule has 14 nitrogen and oxygen atoms in total. The van der Waals surface area contributed by atoms with Gasteiger partial charge in [-0.05, 0) is 48.0 Å². The van der Waals surface area contributed by atoms with Gasteiger partial charge in [0.15, 0.2) is 0 Å². The van der Waals surface area contributed by atoms with Gasteiger partial charge in [-0.25, -0.2) is 13.4 Å². The lowest BCUT2D eigenvalue weighted by Gasteiger charge is -2.48. The Kier molecular flexibility index (Phi) is 8.67. The molecule has 0 radical (unpaired) electrons. The lowest BCUT2D eigenvalue weighted by Crippen LogP contribution is -2.57. The van der Waals surface area contributed by atoms with Crippen molar-refractivity contribution in [2.24, 2.45) is 0 Å². The van der Waals surface area contributed by atoms with Crippen molar-refractivity contribution in [2.75, 3.05) is 80.0 Å². The number of likely N-dealkylation sites (N-methyl/N-ethyl adjacent to an activating group) is 1. The maximum atomic E-state index is 12.2. The number of piperidine rings is 1. The zero-order valence-corrected chi connectivity index (χ0v) is 28.8. The van der Waals surface area contributed by atoms with Crippen LogP contribution in [0, 0.1) is 0 Å². The van der Waals surface area contributed by atoms with Crippen LogP contribution in [0.2, 0.25) is 0 Å². The van der Waals surface area contributed by atoms with E-state index in [0.717, 1.165) is 63.3 Å². The molecular formula is C31H37BrN10O4S. The highest BCUT2D eigenvalue weighted by molar-refractivity contribution is 9.10. The number of benzene rings is 2. The van der Waals surface area contributed by atoms with E-state index < -0.39 is 10.0 Å². The monoisotopic (exact) mass is 724 g/mol. The van der Waals surface area contributed by atoms with Crippen LogP contribution in [-0.4, -0.2) is 110 Å². The molecule has 0 amide bonds. The van der Waals surface area contributed by atoms with Crippen molar-refractivity contribution in [1.29, 1.82) is 0 Å². The predicted octanol–water partition coefficient (Wildman–Crippen LogP) is 4.03. The van der Waals surface area contributed by atoms with Gasteiger partial charge in [-0.3, -0.25) is 19.6 Å². The van der Waals surface area contributed by atoms with E-state index in [2.05, 4.69) is 73.0 Å². The Hall–Kier alpha value is -3.99. The summed E-state index contributed by atoms with van der Waals surface area (Å²) in [7, 11) is 0.213. The average molecular weight is 726 g/mol. The van der Waals surface area contributed by atoms with Crippen molar-refractivity contribution < 1.29 is 17.9 Å². The van der Waals surface area contributed by atoms with Crippen molar-refractivity contribution >= 4 is 71.5 Å². The number of halogens is 1. The number of ether oxygens (including phenoxy) is 2. The van der Waals surface area contributed by atoms with Gasteiger partial charge in [-0.15, -0.1) is 0 Å². The molecule has 2 aromatic heterocycles. The molecule has 3 aliphatic rings. The smallest absolute Gasteiger partial charge is 0.229 e. The Morgan fingerprint density at radius 2 is 1.81 bits per heavy atom. The Labute approximate surface area is 282 Å². The summed E-state index contributed by atoms with van der Waals surface area (Å²) in [5.74, 6) is 2.13. The summed E-state index contributed by atoms with van der Waals surface area (Å²) in [6.45, 7) is 6.09. The first kappa shape index (κ1) is 31.6. The van der Waals surface area contributed by atoms with E-state index in [-0.39, 0.29) is 5.69 Å². The van der Waals surface area contributed by atoms with E-state index in [0.29, 0.717) is 63.1 Å². The molecule has 2 fully saturated rings. The van der Waals surface area contributed by atoms with Crippen molar-refractivity contribution in [1.82, 2.24) is 29.7 Å². The number of rotatable bonds is 8. The quantitative estimate of drug-likeness (QED) is 0.240. The summed E-state index contributed by atoms with van der Waals surface area (Å²) in [6, 6.07) is 8.33. The molecule has 0 aliphatic carbocycles. The van der Waals surface area contributed by atoms with E-state index in [1.54, 1.807) is 31.6 Å². The zero-order chi connectivity index (χ0) is 32.7. The average Bonchev–Trinajstić information content (AvgIpc) is 3.06. The van der Waals surface area contributed by atoms with Crippen LogP contribution in [0.25, 0.3) is 11.0 Å². The van der Waals surface area contributed by atoms with Gasteiger partial charge in [0.2, 0.25) is 16.0 Å². The number of piperazine rings is 1. The fourth-order valence-electron chi connectivity index (χ4n) is 6.56. The molecule has 2 aromatic carbocycles. The van der Waals surface area contributed by atoms with Crippen molar-refractivity contribution in [3.63, 3.8) is 0 Å². The van der Waals surface area contributed by atoms with Crippen LogP contribution >= 0.6 is 15.9 Å². The molecule has 4 aromatic rings. The minimum Gasteiger partial charge on any atom is -0.494 e. The Morgan fingerprint density at radius 1 is 1.00 bits per heavy atom. The van der Waals surface area contributed by atoms with E-state index in [1.165, 1.54) is 6.20 Å². The predicted molar refractivity (Wildman–Crippen MR) is 186 cm³/mol. The van der Waals surface area contributed by atoms with Crippen LogP contribution in [0.1, 0.15) is 12.8 Å². The highest BCUT2D eigenvalue weighted by Crippen LogP contribution is 2.44. The standard InChI is InChI=1S/C31H37BrN10O4S/c1-40-10-12-41(13-11-40)19-6-9-42-20(14-19)18-46-27-15-24(26(45-2)16-25(27)42)37-31-35-17-21(32)30(38-31)36-23-5-4-22-28(34-8-7-33-22)29(23)39-47(3,43)44/h4-5,7-8,15-17,19-20,39H,6,9-14,18H2,1-3H3,(H2,35,36,37,38)/t19-,20+/m0/s1. The molecule has 0 unspecified atom stereocenters. The lowest BCUT2D eigenvalue weighted by molar-refractivity contribution is 0.0822. The Balaban J connectivity index is 1.12. The second-order valence-corrected chi connectivity index (χ2v) is 14.7. The third-order valence-corrected chi connectivity index (χ3v) is 10.1. The summed E-state index contributed by atoms with van der Waals surface area (Å²) >= 11 is 3.51. The zero-order valence-electron chi connectivity index (χ0n) is 26.4. The summed E-state index contributed by atoms with van der Waals surface area (Å²) in [5, 5.41) is 6.50. The van der Waals surface area contributed by atoms with E-state index >= 15 is 0 Å². The van der Waals surface area contributed by atoms with Gasteiger partial charge in [0.05, 0.1) is 52.1 Å². The first-order valence-corrected chi connectivity index (χ1v) is 18.2. The number of methoxy groups -OCH3 is 1. The second kappa shape index (κ2) is 12.9. The third kappa shape index (κ3) is 6.72. The van der Waals surface area contributed by atoms with E-state index in [1.807, 2.05) is 12.1 Å². The highest BCUT2D eigenvalue weighted by Gasteiger charge is 2.37. The van der Waals surface area contributed by atoms with Gasteiger partial charge in [-0.2, -0.15) is 4.98 Å². The number of fused-ring (bicyclic) bond motifs is 4. The topological polar surface area (TPSA) is 150 Å². The molecule has 0 bridgehead atoms. The highest BCUT2D eigenvalue weighted by atomic mass is 79.9. The first-order chi connectivity index (χ1) is 22.6. The number of aromatic nitrogens is 4. The first-order valence-electron chi connectivity index (χ1n) is 15.5. The van der Waals surface area contributed by atoms with Crippen LogP contribution in [0.5, 0.6) is 11.5 Å². The minimum absolute atomic E-state index is 0.262. The summed E-state index contributed by atoms with van der Waals surface area (Å²) in [6.07, 6.45) is 7.96. The van der Waals surface area contributed by atoms with Gasteiger partial charge >= 0.3 is 0 Å². The normalized spacial score (nSPS) is 20.2. The Bertz CT molecular complexity index is 1910. The summed E-state index contributed by atoms with van der Waals surface area (Å²) in [5.41, 5.74) is 3.34. The molecule has 2 atom stereocenters. The molecule has 248 valence electrons. The number of nitrogens with one attached hydrogen (secondary N) is 3. The third-order valence-electron chi connectivity index (χ3n) is 8.94. The SMILES string of the molecule is COc1cc2c(cc1Nc1ncc(Br)c(Nc3ccc4nccnc4c3NS(C)(=O)=O)n1)OC[C@H]1C[C@@H](N3CCN(C)CC3)CCN21. The molecule has 3 aliphatic heterocycles. The maximum Gasteiger partial charge on any atom is 0.229 e. The van der Waals surface area contributed by atoms with Crippen LogP contribution in [0.15, 0.2) is 47.3 Å². The minimum atomic E-state index is -3.62. The molecule has 0 spiro atoms. The molecule has 3 N–H and O–H groups in total. The fourth-order valence-corrected chi connectivity index (χ4v) is 7.43. The van der Waals surface area contributed by atoms with Gasteiger partial charge < -0.3 is 29.9 Å². The van der Waals surface area contributed by atoms with E-state index in [9.17, 15) is 8.42 Å². The van der Waals surface area contributed by atoms with Crippen molar-refractivity contribution in [3.8, 4) is 11.5 Å². The summed E-state index contributed by atoms with van der Waals surface area (Å²) in [4.78, 5) is 25.3. The summed E-state index contributed by atoms with van der Waals surface area (Å²) < 4.78 is 39.8. The molecule has 5 heterocycles. The largest absolute Gasteiger partial charge is 0.494 e.